The molecule has 0 fully saturated rings. The van der Waals surface area contributed by atoms with Crippen molar-refractivity contribution in [2.24, 2.45) is 0 Å². The van der Waals surface area contributed by atoms with Crippen molar-refractivity contribution in [3.8, 4) is 11.5 Å². The van der Waals surface area contributed by atoms with Gasteiger partial charge in [0, 0.05) is 5.56 Å². The fraction of sp³-hybridized carbons (Fsp3) is 0.500. The lowest BCUT2D eigenvalue weighted by Gasteiger charge is -2.10. The van der Waals surface area contributed by atoms with Crippen molar-refractivity contribution < 1.29 is 14.8 Å². The predicted octanol–water partition coefficient (Wildman–Crippen LogP) is 1.80. The number of nitrogens with zero attached hydrogens (tertiary/aromatic N) is 2. The van der Waals surface area contributed by atoms with Crippen LogP contribution in [0.5, 0.6) is 11.5 Å². The fourth-order valence-corrected chi connectivity index (χ4v) is 1.72. The summed E-state index contributed by atoms with van der Waals surface area (Å²) in [5, 5.41) is 20.6. The summed E-state index contributed by atoms with van der Waals surface area (Å²) < 4.78 is 4.87. The number of nitro benzene ring substituents is 1. The Balaban J connectivity index is 2.94. The quantitative estimate of drug-likeness (QED) is 0.619. The highest BCUT2D eigenvalue weighted by Crippen LogP contribution is 2.34. The van der Waals surface area contributed by atoms with Gasteiger partial charge in [-0.25, -0.2) is 0 Å². The van der Waals surface area contributed by atoms with E-state index in [0.717, 1.165) is 13.0 Å². The topological polar surface area (TPSA) is 75.8 Å². The predicted molar refractivity (Wildman–Crippen MR) is 68.2 cm³/mol. The minimum absolute atomic E-state index is 0.0107. The van der Waals surface area contributed by atoms with Crippen LogP contribution in [-0.2, 0) is 6.42 Å². The van der Waals surface area contributed by atoms with E-state index in [4.69, 9.17) is 4.74 Å². The van der Waals surface area contributed by atoms with Gasteiger partial charge in [-0.3, -0.25) is 10.1 Å². The highest BCUT2D eigenvalue weighted by molar-refractivity contribution is 5.53. The molecule has 0 aliphatic rings. The average molecular weight is 254 g/mol. The zero-order valence-corrected chi connectivity index (χ0v) is 10.8. The number of phenols is 1. The molecule has 0 heterocycles. The summed E-state index contributed by atoms with van der Waals surface area (Å²) in [5.41, 5.74) is 0.517. The molecule has 0 saturated heterocycles. The third-order valence-electron chi connectivity index (χ3n) is 2.63. The second kappa shape index (κ2) is 6.20. The Hall–Kier alpha value is -1.82. The van der Waals surface area contributed by atoms with Crippen LogP contribution in [0.1, 0.15) is 12.0 Å². The molecule has 0 unspecified atom stereocenters. The van der Waals surface area contributed by atoms with Crippen LogP contribution >= 0.6 is 0 Å². The van der Waals surface area contributed by atoms with Gasteiger partial charge < -0.3 is 14.7 Å². The van der Waals surface area contributed by atoms with E-state index in [2.05, 4.69) is 0 Å². The van der Waals surface area contributed by atoms with Crippen LogP contribution in [0.2, 0.25) is 0 Å². The van der Waals surface area contributed by atoms with Crippen LogP contribution in [0, 0.1) is 10.1 Å². The molecule has 0 aromatic heterocycles. The van der Waals surface area contributed by atoms with Crippen LogP contribution in [-0.4, -0.2) is 42.7 Å². The third kappa shape index (κ3) is 3.59. The first kappa shape index (κ1) is 14.2. The van der Waals surface area contributed by atoms with E-state index in [1.165, 1.54) is 19.2 Å². The number of hydrogen-bond donors (Lipinski definition) is 1. The number of rotatable bonds is 6. The van der Waals surface area contributed by atoms with Gasteiger partial charge in [-0.2, -0.15) is 0 Å². The fourth-order valence-electron chi connectivity index (χ4n) is 1.72. The van der Waals surface area contributed by atoms with E-state index in [0.29, 0.717) is 12.0 Å². The van der Waals surface area contributed by atoms with Gasteiger partial charge in [0.2, 0.25) is 0 Å². The molecular formula is C12H18N2O4. The number of aryl methyl sites for hydroxylation is 1. The van der Waals surface area contributed by atoms with Crippen LogP contribution in [0.15, 0.2) is 12.1 Å². The molecule has 0 amide bonds. The Morgan fingerprint density at radius 1 is 1.44 bits per heavy atom. The molecule has 0 atom stereocenters. The number of benzene rings is 1. The lowest BCUT2D eigenvalue weighted by molar-refractivity contribution is -0.385. The second-order valence-corrected chi connectivity index (χ2v) is 4.32. The second-order valence-electron chi connectivity index (χ2n) is 4.32. The molecule has 1 rings (SSSR count). The lowest BCUT2D eigenvalue weighted by atomic mass is 10.1. The highest BCUT2D eigenvalue weighted by atomic mass is 16.6. The van der Waals surface area contributed by atoms with Crippen molar-refractivity contribution >= 4 is 5.69 Å². The summed E-state index contributed by atoms with van der Waals surface area (Å²) in [6, 6.07) is 2.67. The van der Waals surface area contributed by atoms with Crippen LogP contribution in [0.25, 0.3) is 0 Å². The smallest absolute Gasteiger partial charge is 0.276 e. The molecule has 1 N–H and O–H groups in total. The molecule has 0 bridgehead atoms. The SMILES string of the molecule is COc1cc([N+](=O)[O-])c(CCCN(C)C)cc1O. The molecule has 1 aromatic carbocycles. The van der Waals surface area contributed by atoms with Gasteiger partial charge >= 0.3 is 0 Å². The zero-order valence-electron chi connectivity index (χ0n) is 10.8. The molecule has 0 aliphatic heterocycles. The van der Waals surface area contributed by atoms with Crippen molar-refractivity contribution in [2.45, 2.75) is 12.8 Å². The number of nitro groups is 1. The Bertz CT molecular complexity index is 432. The number of phenolic OH excluding ortho intramolecular Hbond substituents is 1. The minimum Gasteiger partial charge on any atom is -0.504 e. The van der Waals surface area contributed by atoms with Crippen molar-refractivity contribution in [3.63, 3.8) is 0 Å². The average Bonchev–Trinajstić information content (AvgIpc) is 2.28. The van der Waals surface area contributed by atoms with Gasteiger partial charge in [0.1, 0.15) is 0 Å². The summed E-state index contributed by atoms with van der Waals surface area (Å²) >= 11 is 0. The number of methoxy groups -OCH3 is 1. The van der Waals surface area contributed by atoms with E-state index in [1.807, 2.05) is 19.0 Å². The molecule has 6 nitrogen and oxygen atoms in total. The summed E-state index contributed by atoms with van der Waals surface area (Å²) in [6.07, 6.45) is 1.34. The van der Waals surface area contributed by atoms with Crippen molar-refractivity contribution in [2.75, 3.05) is 27.7 Å². The molecule has 0 saturated carbocycles. The van der Waals surface area contributed by atoms with Crippen LogP contribution < -0.4 is 4.74 Å². The number of aromatic hydroxyl groups is 1. The summed E-state index contributed by atoms with van der Waals surface area (Å²) in [4.78, 5) is 12.5. The Kier molecular flexibility index (Phi) is 4.91. The van der Waals surface area contributed by atoms with Gasteiger partial charge in [-0.1, -0.05) is 0 Å². The normalized spacial score (nSPS) is 10.7. The van der Waals surface area contributed by atoms with Crippen molar-refractivity contribution in [1.82, 2.24) is 4.90 Å². The first-order chi connectivity index (χ1) is 8.45. The van der Waals surface area contributed by atoms with Gasteiger partial charge in [0.05, 0.1) is 18.1 Å². The molecule has 100 valence electrons. The molecular weight excluding hydrogens is 236 g/mol. The van der Waals surface area contributed by atoms with Crippen molar-refractivity contribution in [3.05, 3.63) is 27.8 Å². The molecule has 1 aromatic rings. The lowest BCUT2D eigenvalue weighted by Crippen LogP contribution is -2.13. The summed E-state index contributed by atoms with van der Waals surface area (Å²) in [5.74, 6) is 0.0565. The zero-order chi connectivity index (χ0) is 13.7. The summed E-state index contributed by atoms with van der Waals surface area (Å²) in [7, 11) is 5.25. The Morgan fingerprint density at radius 3 is 2.61 bits per heavy atom. The highest BCUT2D eigenvalue weighted by Gasteiger charge is 2.18. The number of hydrogen-bond acceptors (Lipinski definition) is 5. The van der Waals surface area contributed by atoms with Crippen LogP contribution in [0.4, 0.5) is 5.69 Å². The Labute approximate surface area is 106 Å². The Morgan fingerprint density at radius 2 is 2.11 bits per heavy atom. The van der Waals surface area contributed by atoms with E-state index in [1.54, 1.807) is 0 Å². The van der Waals surface area contributed by atoms with Gasteiger partial charge in [-0.05, 0) is 39.5 Å². The third-order valence-corrected chi connectivity index (χ3v) is 2.63. The van der Waals surface area contributed by atoms with Crippen molar-refractivity contribution in [1.29, 1.82) is 0 Å². The van der Waals surface area contributed by atoms with Crippen LogP contribution in [0.3, 0.4) is 0 Å². The van der Waals surface area contributed by atoms with Gasteiger partial charge in [0.15, 0.2) is 11.5 Å². The maximum atomic E-state index is 11.0. The minimum atomic E-state index is -0.451. The van der Waals surface area contributed by atoms with Gasteiger partial charge in [0.25, 0.3) is 5.69 Å². The standard InChI is InChI=1S/C12H18N2O4/c1-13(2)6-4-5-9-7-11(15)12(18-3)8-10(9)14(16)17/h7-8,15H,4-6H2,1-3H3. The van der Waals surface area contributed by atoms with E-state index < -0.39 is 4.92 Å². The maximum Gasteiger partial charge on any atom is 0.276 e. The summed E-state index contributed by atoms with van der Waals surface area (Å²) in [6.45, 7) is 0.837. The van der Waals surface area contributed by atoms with E-state index >= 15 is 0 Å². The van der Waals surface area contributed by atoms with E-state index in [9.17, 15) is 15.2 Å². The largest absolute Gasteiger partial charge is 0.504 e. The molecule has 6 heteroatoms. The molecule has 0 aliphatic carbocycles. The first-order valence-electron chi connectivity index (χ1n) is 5.64. The molecule has 0 spiro atoms. The first-order valence-corrected chi connectivity index (χ1v) is 5.64. The number of ether oxygens (including phenoxy) is 1. The maximum absolute atomic E-state index is 11.0. The van der Waals surface area contributed by atoms with Gasteiger partial charge in [-0.15, -0.1) is 0 Å². The molecule has 0 radical (unpaired) electrons. The van der Waals surface area contributed by atoms with E-state index in [-0.39, 0.29) is 17.2 Å². The monoisotopic (exact) mass is 254 g/mol. The molecule has 18 heavy (non-hydrogen) atoms.